The van der Waals surface area contributed by atoms with Gasteiger partial charge < -0.3 is 0 Å². The summed E-state index contributed by atoms with van der Waals surface area (Å²) in [5.74, 6) is 0. The third-order valence-electron chi connectivity index (χ3n) is 4.73. The van der Waals surface area contributed by atoms with Gasteiger partial charge in [0.25, 0.3) is 5.56 Å². The molecule has 134 valence electrons. The summed E-state index contributed by atoms with van der Waals surface area (Å²) in [5, 5.41) is 1.18. The topological polar surface area (TPSA) is 44.0 Å². The normalized spacial score (nSPS) is 13.8. The number of nitrogens with zero attached hydrogens (tertiary/aromatic N) is 2. The maximum atomic E-state index is 13.3. The van der Waals surface area contributed by atoms with E-state index in [0.717, 1.165) is 41.7 Å². The SMILES string of the molecule is C=C(C)Cn1c(=O)n(-c2cccc(Cl)c2)c(=O)c2c3c(sc21)CCCC3. The first-order valence-corrected chi connectivity index (χ1v) is 9.87. The second-order valence-electron chi connectivity index (χ2n) is 6.84. The van der Waals surface area contributed by atoms with Crippen molar-refractivity contribution in [2.75, 3.05) is 0 Å². The molecule has 1 aromatic carbocycles. The highest BCUT2D eigenvalue weighted by molar-refractivity contribution is 7.18. The molecule has 26 heavy (non-hydrogen) atoms. The van der Waals surface area contributed by atoms with Gasteiger partial charge in [0.2, 0.25) is 0 Å². The highest BCUT2D eigenvalue weighted by atomic mass is 35.5. The summed E-state index contributed by atoms with van der Waals surface area (Å²) in [4.78, 5) is 28.5. The molecular weight excluding hydrogens is 368 g/mol. The first kappa shape index (κ1) is 17.3. The van der Waals surface area contributed by atoms with E-state index in [0.29, 0.717) is 22.6 Å². The van der Waals surface area contributed by atoms with Crippen molar-refractivity contribution >= 4 is 33.2 Å². The van der Waals surface area contributed by atoms with Gasteiger partial charge in [0.05, 0.1) is 11.1 Å². The molecule has 2 aromatic heterocycles. The fraction of sp³-hybridized carbons (Fsp3) is 0.300. The highest BCUT2D eigenvalue weighted by Gasteiger charge is 2.24. The van der Waals surface area contributed by atoms with E-state index < -0.39 is 0 Å². The Bertz CT molecular complexity index is 1150. The van der Waals surface area contributed by atoms with Gasteiger partial charge in [0, 0.05) is 16.4 Å². The van der Waals surface area contributed by atoms with Crippen LogP contribution in [-0.4, -0.2) is 9.13 Å². The molecule has 0 spiro atoms. The maximum absolute atomic E-state index is 13.3. The lowest BCUT2D eigenvalue weighted by Gasteiger charge is -2.13. The van der Waals surface area contributed by atoms with E-state index in [-0.39, 0.29) is 11.2 Å². The minimum atomic E-state index is -0.341. The van der Waals surface area contributed by atoms with E-state index in [1.807, 2.05) is 6.92 Å². The summed E-state index contributed by atoms with van der Waals surface area (Å²) in [6.45, 7) is 6.24. The lowest BCUT2D eigenvalue weighted by atomic mass is 9.97. The standard InChI is InChI=1S/C20H19ClN2O2S/c1-12(2)11-22-19-17(15-8-3-4-9-16(15)26-19)18(24)23(20(22)25)14-7-5-6-13(21)10-14/h5-7,10H,1,3-4,8-9,11H2,2H3. The van der Waals surface area contributed by atoms with Crippen LogP contribution in [0.1, 0.15) is 30.2 Å². The first-order valence-electron chi connectivity index (χ1n) is 8.68. The van der Waals surface area contributed by atoms with E-state index >= 15 is 0 Å². The van der Waals surface area contributed by atoms with Crippen LogP contribution < -0.4 is 11.2 Å². The Balaban J connectivity index is 2.14. The molecule has 0 saturated heterocycles. The van der Waals surface area contributed by atoms with Crippen LogP contribution >= 0.6 is 22.9 Å². The molecule has 2 heterocycles. The molecule has 6 heteroatoms. The fourth-order valence-electron chi connectivity index (χ4n) is 3.62. The molecule has 0 N–H and O–H groups in total. The van der Waals surface area contributed by atoms with Crippen molar-refractivity contribution in [3.05, 3.63) is 72.7 Å². The van der Waals surface area contributed by atoms with E-state index in [2.05, 4.69) is 6.58 Å². The zero-order valence-electron chi connectivity index (χ0n) is 14.5. The van der Waals surface area contributed by atoms with E-state index in [1.165, 1.54) is 9.44 Å². The predicted octanol–water partition coefficient (Wildman–Crippen LogP) is 4.32. The molecule has 0 bridgehead atoms. The molecule has 4 rings (SSSR count). The molecule has 0 unspecified atom stereocenters. The van der Waals surface area contributed by atoms with Crippen molar-refractivity contribution in [2.24, 2.45) is 0 Å². The quantitative estimate of drug-likeness (QED) is 0.629. The molecule has 3 aromatic rings. The van der Waals surface area contributed by atoms with Gasteiger partial charge in [-0.15, -0.1) is 11.3 Å². The van der Waals surface area contributed by atoms with Gasteiger partial charge >= 0.3 is 5.69 Å². The molecule has 0 saturated carbocycles. The Hall–Kier alpha value is -2.11. The number of fused-ring (bicyclic) bond motifs is 3. The largest absolute Gasteiger partial charge is 0.337 e. The zero-order valence-corrected chi connectivity index (χ0v) is 16.1. The number of hydrogen-bond acceptors (Lipinski definition) is 3. The first-order chi connectivity index (χ1) is 12.5. The van der Waals surface area contributed by atoms with Gasteiger partial charge in [-0.3, -0.25) is 9.36 Å². The molecule has 1 aliphatic carbocycles. The Morgan fingerprint density at radius 3 is 2.77 bits per heavy atom. The lowest BCUT2D eigenvalue weighted by molar-refractivity contribution is 0.694. The van der Waals surface area contributed by atoms with Crippen LogP contribution in [0.5, 0.6) is 0 Å². The fourth-order valence-corrected chi connectivity index (χ4v) is 5.18. The van der Waals surface area contributed by atoms with Crippen LogP contribution in [0, 0.1) is 0 Å². The summed E-state index contributed by atoms with van der Waals surface area (Å²) >= 11 is 7.69. The summed E-state index contributed by atoms with van der Waals surface area (Å²) < 4.78 is 2.93. The number of aromatic nitrogens is 2. The highest BCUT2D eigenvalue weighted by Crippen LogP contribution is 2.34. The molecular formula is C20H19ClN2O2S. The number of aryl methyl sites for hydroxylation is 2. The average molecular weight is 387 g/mol. The van der Waals surface area contributed by atoms with Crippen molar-refractivity contribution in [1.29, 1.82) is 0 Å². The van der Waals surface area contributed by atoms with Gasteiger partial charge in [0.1, 0.15) is 4.83 Å². The van der Waals surface area contributed by atoms with Crippen molar-refractivity contribution in [3.8, 4) is 5.69 Å². The Morgan fingerprint density at radius 1 is 1.27 bits per heavy atom. The summed E-state index contributed by atoms with van der Waals surface area (Å²) in [7, 11) is 0. The number of halogens is 1. The summed E-state index contributed by atoms with van der Waals surface area (Å²) in [6.07, 6.45) is 4.08. The predicted molar refractivity (Wildman–Crippen MR) is 108 cm³/mol. The zero-order chi connectivity index (χ0) is 18.4. The molecule has 0 aliphatic heterocycles. The molecule has 1 aliphatic rings. The second-order valence-corrected chi connectivity index (χ2v) is 8.36. The van der Waals surface area contributed by atoms with Crippen molar-refractivity contribution in [1.82, 2.24) is 9.13 Å². The Kier molecular flexibility index (Phi) is 4.37. The summed E-state index contributed by atoms with van der Waals surface area (Å²) in [6, 6.07) is 6.87. The number of rotatable bonds is 3. The minimum absolute atomic E-state index is 0.246. The Morgan fingerprint density at radius 2 is 2.04 bits per heavy atom. The second kappa shape index (κ2) is 6.56. The van der Waals surface area contributed by atoms with Crippen LogP contribution in [0.25, 0.3) is 15.9 Å². The smallest absolute Gasteiger partial charge is 0.280 e. The maximum Gasteiger partial charge on any atom is 0.337 e. The molecule has 0 atom stereocenters. The van der Waals surface area contributed by atoms with Crippen molar-refractivity contribution in [3.63, 3.8) is 0 Å². The van der Waals surface area contributed by atoms with Crippen LogP contribution in [0.4, 0.5) is 0 Å². The van der Waals surface area contributed by atoms with Crippen LogP contribution in [0.3, 0.4) is 0 Å². The van der Waals surface area contributed by atoms with E-state index in [1.54, 1.807) is 40.2 Å². The Labute approximate surface area is 160 Å². The van der Waals surface area contributed by atoms with Crippen molar-refractivity contribution < 1.29 is 0 Å². The van der Waals surface area contributed by atoms with Crippen molar-refractivity contribution in [2.45, 2.75) is 39.2 Å². The molecule has 0 amide bonds. The van der Waals surface area contributed by atoms with Gasteiger partial charge in [-0.2, -0.15) is 0 Å². The van der Waals surface area contributed by atoms with Gasteiger partial charge in [0.15, 0.2) is 0 Å². The number of benzene rings is 1. The van der Waals surface area contributed by atoms with Crippen LogP contribution in [0.2, 0.25) is 5.02 Å². The van der Waals surface area contributed by atoms with Gasteiger partial charge in [-0.25, -0.2) is 9.36 Å². The third-order valence-corrected chi connectivity index (χ3v) is 6.28. The number of hydrogen-bond donors (Lipinski definition) is 0. The summed E-state index contributed by atoms with van der Waals surface area (Å²) in [5.41, 5.74) is 1.90. The number of thiophene rings is 1. The monoisotopic (exact) mass is 386 g/mol. The molecule has 0 radical (unpaired) electrons. The van der Waals surface area contributed by atoms with Gasteiger partial charge in [-0.1, -0.05) is 29.8 Å². The van der Waals surface area contributed by atoms with E-state index in [4.69, 9.17) is 11.6 Å². The lowest BCUT2D eigenvalue weighted by Crippen LogP contribution is -2.39. The van der Waals surface area contributed by atoms with Gasteiger partial charge in [-0.05, 0) is 56.4 Å². The number of allylic oxidation sites excluding steroid dienone is 1. The van der Waals surface area contributed by atoms with E-state index in [9.17, 15) is 9.59 Å². The molecule has 0 fully saturated rings. The molecule has 4 nitrogen and oxygen atoms in total. The van der Waals surface area contributed by atoms with Crippen LogP contribution in [0.15, 0.2) is 46.0 Å². The van der Waals surface area contributed by atoms with Crippen LogP contribution in [-0.2, 0) is 19.4 Å². The average Bonchev–Trinajstić information content (AvgIpc) is 2.98. The third kappa shape index (κ3) is 2.75. The minimum Gasteiger partial charge on any atom is -0.280 e.